The largest absolute Gasteiger partial charge is 0.465 e. The van der Waals surface area contributed by atoms with Crippen molar-refractivity contribution in [1.29, 1.82) is 0 Å². The van der Waals surface area contributed by atoms with E-state index in [0.29, 0.717) is 49.8 Å². The van der Waals surface area contributed by atoms with Gasteiger partial charge in [0.15, 0.2) is 0 Å². The lowest BCUT2D eigenvalue weighted by molar-refractivity contribution is -0.132. The summed E-state index contributed by atoms with van der Waals surface area (Å²) in [6.45, 7) is 2.64. The van der Waals surface area contributed by atoms with Gasteiger partial charge in [0.05, 0.1) is 30.9 Å². The minimum absolute atomic E-state index is 0.278. The molecule has 4 rings (SSSR count). The third-order valence-corrected chi connectivity index (χ3v) is 6.39. The molecule has 0 unspecified atom stereocenters. The molecule has 1 aliphatic carbocycles. The van der Waals surface area contributed by atoms with E-state index in [-0.39, 0.29) is 17.9 Å². The highest BCUT2D eigenvalue weighted by Gasteiger charge is 2.28. The third kappa shape index (κ3) is 6.57. The van der Waals surface area contributed by atoms with Crippen LogP contribution in [0.1, 0.15) is 34.3 Å². The van der Waals surface area contributed by atoms with E-state index < -0.39 is 37.7 Å². The highest BCUT2D eigenvalue weighted by molar-refractivity contribution is 6.08. The van der Waals surface area contributed by atoms with Gasteiger partial charge in [-0.2, -0.15) is 26.3 Å². The van der Waals surface area contributed by atoms with Crippen LogP contribution in [0.5, 0.6) is 0 Å². The number of rotatable bonds is 7. The van der Waals surface area contributed by atoms with Gasteiger partial charge in [-0.25, -0.2) is 4.79 Å². The molecule has 2 aromatic carbocycles. The number of hydrogen-bond donors (Lipinski definition) is 1. The van der Waals surface area contributed by atoms with E-state index >= 15 is 0 Å². The Labute approximate surface area is 225 Å². The summed E-state index contributed by atoms with van der Waals surface area (Å²) in [4.78, 5) is 16.8. The maximum Gasteiger partial charge on any atom is 0.390 e. The summed E-state index contributed by atoms with van der Waals surface area (Å²) in [5, 5.41) is 3.69. The Morgan fingerprint density at radius 3 is 2.30 bits per heavy atom. The number of alkyl halides is 6. The number of halogens is 6. The zero-order chi connectivity index (χ0) is 29.2. The average Bonchev–Trinajstić information content (AvgIpc) is 2.86. The Morgan fingerprint density at radius 1 is 0.925 bits per heavy atom. The number of nitrogens with zero attached hydrogens (tertiary/aromatic N) is 1. The molecule has 2 aliphatic rings. The lowest BCUT2D eigenvalue weighted by Crippen LogP contribution is -2.15. The number of ether oxygens (including phenoxy) is 1. The monoisotopic (exact) mass is 564 g/mol. The van der Waals surface area contributed by atoms with E-state index in [1.807, 2.05) is 0 Å². The molecule has 0 radical (unpaired) electrons. The Balaban J connectivity index is 1.98. The second-order valence-electron chi connectivity index (χ2n) is 9.35. The molecule has 5 nitrogen and oxygen atoms in total. The fourth-order valence-electron chi connectivity index (χ4n) is 4.47. The molecule has 11 heteroatoms. The highest BCUT2D eigenvalue weighted by Crippen LogP contribution is 2.43. The lowest BCUT2D eigenvalue weighted by Gasteiger charge is -2.20. The van der Waals surface area contributed by atoms with E-state index in [4.69, 9.17) is 9.15 Å². The lowest BCUT2D eigenvalue weighted by atomic mass is 9.89. The Bertz CT molecular complexity index is 1590. The van der Waals surface area contributed by atoms with Crippen molar-refractivity contribution in [1.82, 2.24) is 0 Å². The van der Waals surface area contributed by atoms with Crippen molar-refractivity contribution in [3.8, 4) is 22.5 Å². The third-order valence-electron chi connectivity index (χ3n) is 6.39. The van der Waals surface area contributed by atoms with Crippen molar-refractivity contribution < 1.29 is 40.3 Å². The summed E-state index contributed by atoms with van der Waals surface area (Å²) in [5.74, 6) is -0.293. The fraction of sp³-hybridized carbons (Fsp3) is 0.310. The first kappa shape index (κ1) is 29.0. The van der Waals surface area contributed by atoms with E-state index in [2.05, 4.69) is 10.3 Å². The number of hydrogen-bond acceptors (Lipinski definition) is 5. The van der Waals surface area contributed by atoms with Crippen LogP contribution in [0.2, 0.25) is 0 Å². The van der Waals surface area contributed by atoms with Crippen LogP contribution in [-0.4, -0.2) is 38.5 Å². The Morgan fingerprint density at radius 2 is 1.62 bits per heavy atom. The maximum absolute atomic E-state index is 12.7. The van der Waals surface area contributed by atoms with E-state index in [0.717, 1.165) is 0 Å². The maximum atomic E-state index is 12.7. The van der Waals surface area contributed by atoms with Crippen molar-refractivity contribution in [2.75, 3.05) is 25.5 Å². The topological polar surface area (TPSA) is 63.8 Å². The van der Waals surface area contributed by atoms with Crippen LogP contribution in [0.25, 0.3) is 33.4 Å². The van der Waals surface area contributed by atoms with Gasteiger partial charge in [-0.3, -0.25) is 4.99 Å². The molecular formula is C29H26F6N2O3. The van der Waals surface area contributed by atoms with Crippen LogP contribution in [0.4, 0.5) is 32.0 Å². The van der Waals surface area contributed by atoms with E-state index in [1.54, 1.807) is 56.3 Å². The number of esters is 1. The minimum Gasteiger partial charge on any atom is -0.465 e. The zero-order valence-corrected chi connectivity index (χ0v) is 21.9. The Kier molecular flexibility index (Phi) is 8.13. The summed E-state index contributed by atoms with van der Waals surface area (Å²) in [6, 6.07) is 13.4. The van der Waals surface area contributed by atoms with Crippen molar-refractivity contribution in [3.63, 3.8) is 0 Å². The zero-order valence-electron chi connectivity index (χ0n) is 21.9. The molecule has 0 amide bonds. The molecule has 0 saturated carbocycles. The Hall–Kier alpha value is -4.02. The minimum atomic E-state index is -4.35. The number of carbonyl (C=O) groups excluding carboxylic acids is 1. The van der Waals surface area contributed by atoms with Crippen LogP contribution >= 0.6 is 0 Å². The molecule has 0 atom stereocenters. The standard InChI is InChI=1S/C29H26F6N2O3/c1-16-12-20-24(14-22(16)36-10-8-28(30,31)32)40-25-15-23(37-11-9-29(33,34)35)17(2)13-21(25)26(20)18-6-4-5-7-19(18)27(38)39-3/h4-7,12-15,36H,8-11H2,1-3H3. The molecule has 1 heterocycles. The van der Waals surface area contributed by atoms with Gasteiger partial charge in [-0.15, -0.1) is 0 Å². The van der Waals surface area contributed by atoms with Crippen LogP contribution in [0.15, 0.2) is 57.9 Å². The number of benzene rings is 3. The molecule has 1 N–H and O–H groups in total. The fourth-order valence-corrected chi connectivity index (χ4v) is 4.47. The molecule has 0 aromatic heterocycles. The van der Waals surface area contributed by atoms with Gasteiger partial charge >= 0.3 is 18.3 Å². The van der Waals surface area contributed by atoms with Gasteiger partial charge in [0.2, 0.25) is 0 Å². The number of anilines is 1. The molecule has 0 saturated heterocycles. The van der Waals surface area contributed by atoms with Gasteiger partial charge in [0.1, 0.15) is 11.3 Å². The van der Waals surface area contributed by atoms with Gasteiger partial charge in [0.25, 0.3) is 0 Å². The van der Waals surface area contributed by atoms with Crippen LogP contribution in [0, 0.1) is 13.8 Å². The predicted octanol–water partition coefficient (Wildman–Crippen LogP) is 7.83. The quantitative estimate of drug-likeness (QED) is 0.141. The highest BCUT2D eigenvalue weighted by atomic mass is 19.4. The van der Waals surface area contributed by atoms with Crippen molar-refractivity contribution in [2.45, 2.75) is 39.0 Å². The molecule has 40 heavy (non-hydrogen) atoms. The molecule has 0 spiro atoms. The van der Waals surface area contributed by atoms with E-state index in [9.17, 15) is 31.1 Å². The normalized spacial score (nSPS) is 12.8. The average molecular weight is 565 g/mol. The first-order valence-corrected chi connectivity index (χ1v) is 12.3. The molecular weight excluding hydrogens is 538 g/mol. The summed E-state index contributed by atoms with van der Waals surface area (Å²) < 4.78 is 87.4. The summed E-state index contributed by atoms with van der Waals surface area (Å²) in [7, 11) is 1.26. The SMILES string of the molecule is COC(=O)c1ccccc1-c1c2cc(C)c(=NCCC(F)(F)F)cc-2oc2cc(NCCC(F)(F)F)c(C)cc12. The first-order chi connectivity index (χ1) is 18.8. The molecule has 2 aromatic rings. The van der Waals surface area contributed by atoms with Crippen LogP contribution < -0.4 is 10.7 Å². The number of carbonyl (C=O) groups is 1. The molecule has 212 valence electrons. The summed E-state index contributed by atoms with van der Waals surface area (Å²) in [5.41, 5.74) is 3.96. The molecule has 1 aliphatic heterocycles. The van der Waals surface area contributed by atoms with Gasteiger partial charge < -0.3 is 14.5 Å². The smallest absolute Gasteiger partial charge is 0.390 e. The number of aryl methyl sites for hydroxylation is 2. The van der Waals surface area contributed by atoms with Crippen molar-refractivity contribution in [3.05, 3.63) is 70.6 Å². The van der Waals surface area contributed by atoms with Crippen molar-refractivity contribution in [2.24, 2.45) is 4.99 Å². The van der Waals surface area contributed by atoms with Crippen LogP contribution in [-0.2, 0) is 4.74 Å². The van der Waals surface area contributed by atoms with Crippen molar-refractivity contribution >= 4 is 22.6 Å². The second kappa shape index (κ2) is 11.2. The number of methoxy groups -OCH3 is 1. The summed E-state index contributed by atoms with van der Waals surface area (Å²) in [6.07, 6.45) is -10.8. The van der Waals surface area contributed by atoms with Gasteiger partial charge in [-0.05, 0) is 48.7 Å². The molecule has 0 fully saturated rings. The van der Waals surface area contributed by atoms with Gasteiger partial charge in [-0.1, -0.05) is 18.2 Å². The second-order valence-corrected chi connectivity index (χ2v) is 9.35. The summed E-state index contributed by atoms with van der Waals surface area (Å²) >= 11 is 0. The predicted molar refractivity (Wildman–Crippen MR) is 139 cm³/mol. The van der Waals surface area contributed by atoms with E-state index in [1.165, 1.54) is 13.2 Å². The van der Waals surface area contributed by atoms with Crippen LogP contribution in [0.3, 0.4) is 0 Å². The molecule has 0 bridgehead atoms. The number of nitrogens with one attached hydrogen (secondary N) is 1. The van der Waals surface area contributed by atoms with Gasteiger partial charge in [0, 0.05) is 47.4 Å². The first-order valence-electron chi connectivity index (χ1n) is 12.3. The number of fused-ring (bicyclic) bond motifs is 2.